The van der Waals surface area contributed by atoms with Crippen LogP contribution in [-0.4, -0.2) is 41.8 Å². The molecule has 2 unspecified atom stereocenters. The molecule has 1 heterocycles. The molecule has 0 aromatic heterocycles. The van der Waals surface area contributed by atoms with Crippen LogP contribution in [0.15, 0.2) is 24.3 Å². The van der Waals surface area contributed by atoms with Gasteiger partial charge >= 0.3 is 5.97 Å². The summed E-state index contributed by atoms with van der Waals surface area (Å²) in [4.78, 5) is 13.9. The van der Waals surface area contributed by atoms with Crippen molar-refractivity contribution in [1.29, 1.82) is 0 Å². The first kappa shape index (κ1) is 16.0. The number of aliphatic hydroxyl groups is 1. The van der Waals surface area contributed by atoms with Crippen molar-refractivity contribution in [2.45, 2.75) is 51.3 Å². The number of benzene rings is 1. The molecule has 21 heavy (non-hydrogen) atoms. The van der Waals surface area contributed by atoms with Crippen molar-refractivity contribution in [1.82, 2.24) is 4.90 Å². The first-order valence-corrected chi connectivity index (χ1v) is 7.66. The molecule has 1 N–H and O–H groups in total. The minimum absolute atomic E-state index is 0.204. The normalized spacial score (nSPS) is 20.4. The summed E-state index contributed by atoms with van der Waals surface area (Å²) in [6.07, 6.45) is 3.20. The molecule has 0 saturated carbocycles. The van der Waals surface area contributed by atoms with Gasteiger partial charge in [-0.1, -0.05) is 24.3 Å². The van der Waals surface area contributed by atoms with Gasteiger partial charge in [-0.2, -0.15) is 0 Å². The molecule has 2 atom stereocenters. The molecule has 0 spiro atoms. The molecule has 1 aromatic carbocycles. The lowest BCUT2D eigenvalue weighted by Gasteiger charge is -2.26. The molecule has 0 radical (unpaired) electrons. The molecular weight excluding hydrogens is 266 g/mol. The number of methoxy groups -OCH3 is 1. The van der Waals surface area contributed by atoms with Gasteiger partial charge in [-0.3, -0.25) is 9.69 Å². The Morgan fingerprint density at radius 3 is 2.81 bits per heavy atom. The fourth-order valence-corrected chi connectivity index (χ4v) is 3.09. The Balaban J connectivity index is 2.06. The van der Waals surface area contributed by atoms with Gasteiger partial charge in [0.25, 0.3) is 0 Å². The van der Waals surface area contributed by atoms with Crippen LogP contribution in [0.4, 0.5) is 0 Å². The van der Waals surface area contributed by atoms with Crippen LogP contribution in [0.25, 0.3) is 0 Å². The van der Waals surface area contributed by atoms with Crippen LogP contribution in [0.1, 0.15) is 37.3 Å². The van der Waals surface area contributed by atoms with Crippen molar-refractivity contribution >= 4 is 5.97 Å². The zero-order chi connectivity index (χ0) is 15.2. The smallest absolute Gasteiger partial charge is 0.309 e. The maximum Gasteiger partial charge on any atom is 0.309 e. The summed E-state index contributed by atoms with van der Waals surface area (Å²) in [6.45, 7) is 3.75. The van der Waals surface area contributed by atoms with E-state index in [-0.39, 0.29) is 12.1 Å². The maximum atomic E-state index is 11.5. The molecular formula is C17H25NO3. The fraction of sp³-hybridized carbons (Fsp3) is 0.588. The highest BCUT2D eigenvalue weighted by Crippen LogP contribution is 2.24. The third kappa shape index (κ3) is 4.55. The van der Waals surface area contributed by atoms with Crippen molar-refractivity contribution in [2.75, 3.05) is 13.7 Å². The van der Waals surface area contributed by atoms with E-state index in [0.717, 1.165) is 31.5 Å². The molecule has 1 aliphatic rings. The number of hydrogen-bond acceptors (Lipinski definition) is 4. The van der Waals surface area contributed by atoms with Gasteiger partial charge in [0.15, 0.2) is 0 Å². The average molecular weight is 291 g/mol. The molecule has 2 rings (SSSR count). The quantitative estimate of drug-likeness (QED) is 0.816. The number of likely N-dealkylation sites (tertiary alicyclic amines) is 1. The lowest BCUT2D eigenvalue weighted by Crippen LogP contribution is -2.31. The minimum Gasteiger partial charge on any atom is -0.469 e. The number of nitrogens with zero attached hydrogens (tertiary/aromatic N) is 1. The first-order valence-electron chi connectivity index (χ1n) is 7.66. The predicted molar refractivity (Wildman–Crippen MR) is 81.9 cm³/mol. The Morgan fingerprint density at radius 2 is 2.14 bits per heavy atom. The number of ether oxygens (including phenoxy) is 1. The summed E-state index contributed by atoms with van der Waals surface area (Å²) in [5.41, 5.74) is 2.22. The minimum atomic E-state index is -0.263. The highest BCUT2D eigenvalue weighted by atomic mass is 16.5. The van der Waals surface area contributed by atoms with Crippen LogP contribution >= 0.6 is 0 Å². The van der Waals surface area contributed by atoms with E-state index in [9.17, 15) is 9.90 Å². The van der Waals surface area contributed by atoms with E-state index < -0.39 is 0 Å². The Labute approximate surface area is 126 Å². The highest BCUT2D eigenvalue weighted by molar-refractivity contribution is 5.72. The Kier molecular flexibility index (Phi) is 5.76. The molecule has 0 aliphatic carbocycles. The van der Waals surface area contributed by atoms with Crippen LogP contribution in [0.5, 0.6) is 0 Å². The van der Waals surface area contributed by atoms with E-state index >= 15 is 0 Å². The summed E-state index contributed by atoms with van der Waals surface area (Å²) in [7, 11) is 1.42. The van der Waals surface area contributed by atoms with Gasteiger partial charge in [0.1, 0.15) is 0 Å². The molecule has 1 aliphatic heterocycles. The fourth-order valence-electron chi connectivity index (χ4n) is 3.09. The second-order valence-corrected chi connectivity index (χ2v) is 5.87. The molecule has 1 aromatic rings. The summed E-state index contributed by atoms with van der Waals surface area (Å²) < 4.78 is 4.77. The monoisotopic (exact) mass is 291 g/mol. The topological polar surface area (TPSA) is 49.8 Å². The zero-order valence-electron chi connectivity index (χ0n) is 12.9. The molecule has 0 amide bonds. The van der Waals surface area contributed by atoms with Gasteiger partial charge in [0, 0.05) is 12.6 Å². The van der Waals surface area contributed by atoms with Crippen molar-refractivity contribution in [2.24, 2.45) is 0 Å². The van der Waals surface area contributed by atoms with Gasteiger partial charge in [-0.05, 0) is 43.9 Å². The summed E-state index contributed by atoms with van der Waals surface area (Å²) >= 11 is 0. The second kappa shape index (κ2) is 7.57. The third-order valence-electron chi connectivity index (χ3n) is 4.17. The SMILES string of the molecule is COC(=O)Cc1ccccc1CN1CCCC1CC(C)O. The van der Waals surface area contributed by atoms with Crippen molar-refractivity contribution in [3.63, 3.8) is 0 Å². The Bertz CT molecular complexity index is 473. The lowest BCUT2D eigenvalue weighted by atomic mass is 10.0. The van der Waals surface area contributed by atoms with Crippen LogP contribution in [0, 0.1) is 0 Å². The number of rotatable bonds is 6. The van der Waals surface area contributed by atoms with Gasteiger partial charge in [-0.25, -0.2) is 0 Å². The molecule has 1 fully saturated rings. The number of aliphatic hydroxyl groups excluding tert-OH is 1. The van der Waals surface area contributed by atoms with E-state index in [2.05, 4.69) is 11.0 Å². The standard InChI is InChI=1S/C17H25NO3/c1-13(19)10-16-8-5-9-18(16)12-15-7-4-3-6-14(15)11-17(20)21-2/h3-4,6-7,13,16,19H,5,8-12H2,1-2H3. The van der Waals surface area contributed by atoms with E-state index in [1.54, 1.807) is 0 Å². The first-order chi connectivity index (χ1) is 10.1. The van der Waals surface area contributed by atoms with Crippen LogP contribution < -0.4 is 0 Å². The van der Waals surface area contributed by atoms with Gasteiger partial charge < -0.3 is 9.84 Å². The van der Waals surface area contributed by atoms with Crippen molar-refractivity contribution < 1.29 is 14.6 Å². The lowest BCUT2D eigenvalue weighted by molar-refractivity contribution is -0.139. The Hall–Kier alpha value is -1.39. The Morgan fingerprint density at radius 1 is 1.43 bits per heavy atom. The van der Waals surface area contributed by atoms with Crippen LogP contribution in [0.2, 0.25) is 0 Å². The van der Waals surface area contributed by atoms with E-state index in [0.29, 0.717) is 12.5 Å². The molecule has 1 saturated heterocycles. The van der Waals surface area contributed by atoms with E-state index in [1.807, 2.05) is 25.1 Å². The van der Waals surface area contributed by atoms with Crippen LogP contribution in [0.3, 0.4) is 0 Å². The molecule has 116 valence electrons. The number of esters is 1. The molecule has 4 nitrogen and oxygen atoms in total. The second-order valence-electron chi connectivity index (χ2n) is 5.87. The van der Waals surface area contributed by atoms with Crippen LogP contribution in [-0.2, 0) is 22.5 Å². The van der Waals surface area contributed by atoms with Crippen molar-refractivity contribution in [3.05, 3.63) is 35.4 Å². The summed E-state index contributed by atoms with van der Waals surface area (Å²) in [5, 5.41) is 9.61. The van der Waals surface area contributed by atoms with Crippen molar-refractivity contribution in [3.8, 4) is 0 Å². The number of carbonyl (C=O) groups excluding carboxylic acids is 1. The predicted octanol–water partition coefficient (Wildman–Crippen LogP) is 2.14. The van der Waals surface area contributed by atoms with Gasteiger partial charge in [0.2, 0.25) is 0 Å². The van der Waals surface area contributed by atoms with Gasteiger partial charge in [-0.15, -0.1) is 0 Å². The number of carbonyl (C=O) groups is 1. The van der Waals surface area contributed by atoms with E-state index in [4.69, 9.17) is 4.74 Å². The molecule has 0 bridgehead atoms. The number of hydrogen-bond donors (Lipinski definition) is 1. The highest BCUT2D eigenvalue weighted by Gasteiger charge is 2.26. The third-order valence-corrected chi connectivity index (χ3v) is 4.17. The largest absolute Gasteiger partial charge is 0.469 e. The average Bonchev–Trinajstić information content (AvgIpc) is 2.87. The van der Waals surface area contributed by atoms with Gasteiger partial charge in [0.05, 0.1) is 19.6 Å². The summed E-state index contributed by atoms with van der Waals surface area (Å²) in [5.74, 6) is -0.204. The van der Waals surface area contributed by atoms with E-state index in [1.165, 1.54) is 19.1 Å². The maximum absolute atomic E-state index is 11.5. The molecule has 4 heteroatoms. The summed E-state index contributed by atoms with van der Waals surface area (Å²) in [6, 6.07) is 8.48. The zero-order valence-corrected chi connectivity index (χ0v) is 12.9.